The van der Waals surface area contributed by atoms with Crippen molar-refractivity contribution in [3.63, 3.8) is 0 Å². The molecule has 1 aromatic rings. The van der Waals surface area contributed by atoms with Crippen LogP contribution in [0, 0.1) is 12.8 Å². The molecule has 3 nitrogen and oxygen atoms in total. The highest BCUT2D eigenvalue weighted by Gasteiger charge is 2.25. The van der Waals surface area contributed by atoms with Gasteiger partial charge in [0.05, 0.1) is 0 Å². The third-order valence-electron chi connectivity index (χ3n) is 2.79. The maximum Gasteiger partial charge on any atom is 0.352 e. The van der Waals surface area contributed by atoms with Crippen molar-refractivity contribution in [3.8, 4) is 0 Å². The molecule has 0 aromatic carbocycles. The Morgan fingerprint density at radius 3 is 2.77 bits per heavy atom. The largest absolute Gasteiger partial charge is 0.477 e. The third kappa shape index (κ3) is 1.15. The maximum atomic E-state index is 10.8. The molecule has 13 heavy (non-hydrogen) atoms. The predicted molar refractivity (Wildman–Crippen MR) is 49.1 cm³/mol. The number of fused-ring (bicyclic) bond motifs is 1. The van der Waals surface area contributed by atoms with Crippen molar-refractivity contribution in [1.82, 2.24) is 4.98 Å². The number of hydrogen-bond donors (Lipinski definition) is 2. The van der Waals surface area contributed by atoms with Crippen molar-refractivity contribution < 1.29 is 9.90 Å². The van der Waals surface area contributed by atoms with Gasteiger partial charge in [0, 0.05) is 5.69 Å². The highest BCUT2D eigenvalue weighted by molar-refractivity contribution is 5.88. The van der Waals surface area contributed by atoms with Crippen molar-refractivity contribution in [2.24, 2.45) is 5.92 Å². The number of rotatable bonds is 1. The molecule has 0 aliphatic heterocycles. The second kappa shape index (κ2) is 2.62. The molecule has 0 saturated heterocycles. The number of aromatic carboxylic acids is 1. The molecule has 0 bridgehead atoms. The molecule has 0 unspecified atom stereocenters. The summed E-state index contributed by atoms with van der Waals surface area (Å²) in [5, 5.41) is 8.86. The average Bonchev–Trinajstić information content (AvgIpc) is 2.51. The van der Waals surface area contributed by atoms with Gasteiger partial charge < -0.3 is 10.1 Å². The fourth-order valence-electron chi connectivity index (χ4n) is 2.13. The van der Waals surface area contributed by atoms with Gasteiger partial charge in [-0.1, -0.05) is 6.92 Å². The Balaban J connectivity index is 2.47. The van der Waals surface area contributed by atoms with E-state index in [-0.39, 0.29) is 0 Å². The lowest BCUT2D eigenvalue weighted by Gasteiger charge is -1.99. The number of carboxylic acid groups (broad SMARTS) is 1. The predicted octanol–water partition coefficient (Wildman–Crippen LogP) is 1.76. The Hall–Kier alpha value is -1.25. The molecule has 0 fully saturated rings. The monoisotopic (exact) mass is 179 g/mol. The number of hydrogen-bond acceptors (Lipinski definition) is 1. The quantitative estimate of drug-likeness (QED) is 0.690. The molecule has 1 aliphatic carbocycles. The van der Waals surface area contributed by atoms with Crippen LogP contribution in [0.2, 0.25) is 0 Å². The Labute approximate surface area is 76.8 Å². The van der Waals surface area contributed by atoms with Crippen LogP contribution in [0.5, 0.6) is 0 Å². The van der Waals surface area contributed by atoms with Gasteiger partial charge >= 0.3 is 5.97 Å². The number of aromatic nitrogens is 1. The van der Waals surface area contributed by atoms with E-state index in [0.29, 0.717) is 11.6 Å². The van der Waals surface area contributed by atoms with E-state index in [1.165, 1.54) is 5.56 Å². The molecule has 0 radical (unpaired) electrons. The lowest BCUT2D eigenvalue weighted by molar-refractivity contribution is 0.0690. The highest BCUT2D eigenvalue weighted by atomic mass is 16.4. The smallest absolute Gasteiger partial charge is 0.352 e. The first-order valence-electron chi connectivity index (χ1n) is 4.53. The summed E-state index contributed by atoms with van der Waals surface area (Å²) in [5.41, 5.74) is 3.65. The van der Waals surface area contributed by atoms with Gasteiger partial charge in [-0.05, 0) is 36.8 Å². The third-order valence-corrected chi connectivity index (χ3v) is 2.79. The van der Waals surface area contributed by atoms with Gasteiger partial charge in [-0.3, -0.25) is 0 Å². The Bertz CT molecular complexity index is 365. The first-order valence-corrected chi connectivity index (χ1v) is 4.53. The zero-order chi connectivity index (χ0) is 9.59. The molecule has 0 amide bonds. The molecule has 0 saturated carbocycles. The Morgan fingerprint density at radius 1 is 1.54 bits per heavy atom. The first kappa shape index (κ1) is 8.35. The zero-order valence-corrected chi connectivity index (χ0v) is 7.85. The van der Waals surface area contributed by atoms with Crippen molar-refractivity contribution in [2.45, 2.75) is 26.7 Å². The average molecular weight is 179 g/mol. The van der Waals surface area contributed by atoms with Crippen LogP contribution in [0.25, 0.3) is 0 Å². The minimum atomic E-state index is -0.848. The van der Waals surface area contributed by atoms with E-state index < -0.39 is 5.97 Å². The first-order chi connectivity index (χ1) is 6.09. The molecular formula is C10H13NO2. The molecule has 70 valence electrons. The number of aromatic amines is 1. The van der Waals surface area contributed by atoms with Crippen LogP contribution in [-0.2, 0) is 12.8 Å². The van der Waals surface area contributed by atoms with Gasteiger partial charge in [0.15, 0.2) is 0 Å². The molecule has 1 aromatic heterocycles. The van der Waals surface area contributed by atoms with Crippen molar-refractivity contribution in [1.29, 1.82) is 0 Å². The van der Waals surface area contributed by atoms with Crippen LogP contribution in [-0.4, -0.2) is 16.1 Å². The number of nitrogens with one attached hydrogen (secondary N) is 1. The number of carboxylic acids is 1. The molecule has 1 aliphatic rings. The summed E-state index contributed by atoms with van der Waals surface area (Å²) < 4.78 is 0. The van der Waals surface area contributed by atoms with Crippen LogP contribution < -0.4 is 0 Å². The van der Waals surface area contributed by atoms with Crippen molar-refractivity contribution in [2.75, 3.05) is 0 Å². The minimum absolute atomic E-state index is 0.372. The minimum Gasteiger partial charge on any atom is -0.477 e. The van der Waals surface area contributed by atoms with Gasteiger partial charge in [-0.2, -0.15) is 0 Å². The van der Waals surface area contributed by atoms with Crippen LogP contribution in [0.4, 0.5) is 0 Å². The molecule has 2 N–H and O–H groups in total. The number of H-pyrrole nitrogens is 1. The standard InChI is InChI=1S/C10H13NO2/c1-5-3-7-6(2)9(10(12)13)11-8(7)4-5/h5,11H,3-4H2,1-2H3,(H,12,13)/t5-/m1/s1. The second-order valence-electron chi connectivity index (χ2n) is 3.90. The summed E-state index contributed by atoms with van der Waals surface area (Å²) in [7, 11) is 0. The molecule has 3 heteroatoms. The van der Waals surface area contributed by atoms with Crippen LogP contribution in [0.15, 0.2) is 0 Å². The fourth-order valence-corrected chi connectivity index (χ4v) is 2.13. The van der Waals surface area contributed by atoms with Gasteiger partial charge in [-0.15, -0.1) is 0 Å². The molecule has 1 atom stereocenters. The van der Waals surface area contributed by atoms with Gasteiger partial charge in [-0.25, -0.2) is 4.79 Å². The van der Waals surface area contributed by atoms with Crippen LogP contribution in [0.3, 0.4) is 0 Å². The van der Waals surface area contributed by atoms with E-state index in [1.54, 1.807) is 0 Å². The normalized spacial score (nSPS) is 20.3. The van der Waals surface area contributed by atoms with Crippen LogP contribution in [0.1, 0.15) is 34.2 Å². The highest BCUT2D eigenvalue weighted by Crippen LogP contribution is 2.30. The summed E-state index contributed by atoms with van der Waals surface area (Å²) in [6.07, 6.45) is 2.01. The van der Waals surface area contributed by atoms with E-state index in [0.717, 1.165) is 24.1 Å². The molecule has 0 spiro atoms. The summed E-state index contributed by atoms with van der Waals surface area (Å²) in [6.45, 7) is 4.07. The van der Waals surface area contributed by atoms with E-state index in [1.807, 2.05) is 6.92 Å². The van der Waals surface area contributed by atoms with Gasteiger partial charge in [0.1, 0.15) is 5.69 Å². The summed E-state index contributed by atoms with van der Waals surface area (Å²) in [4.78, 5) is 13.8. The molecule has 2 rings (SSSR count). The zero-order valence-electron chi connectivity index (χ0n) is 7.85. The Kier molecular flexibility index (Phi) is 1.68. The number of carbonyl (C=O) groups is 1. The van der Waals surface area contributed by atoms with Crippen molar-refractivity contribution >= 4 is 5.97 Å². The van der Waals surface area contributed by atoms with E-state index in [4.69, 9.17) is 5.11 Å². The lowest BCUT2D eigenvalue weighted by Crippen LogP contribution is -2.02. The van der Waals surface area contributed by atoms with Gasteiger partial charge in [0.25, 0.3) is 0 Å². The summed E-state index contributed by atoms with van der Waals surface area (Å²) >= 11 is 0. The second-order valence-corrected chi connectivity index (χ2v) is 3.90. The van der Waals surface area contributed by atoms with E-state index in [9.17, 15) is 4.79 Å². The Morgan fingerprint density at radius 2 is 2.23 bits per heavy atom. The van der Waals surface area contributed by atoms with Crippen molar-refractivity contribution in [3.05, 3.63) is 22.5 Å². The van der Waals surface area contributed by atoms with E-state index >= 15 is 0 Å². The SMILES string of the molecule is Cc1c(C(=O)O)[nH]c2c1C[C@@H](C)C2. The molecule has 1 heterocycles. The van der Waals surface area contributed by atoms with Gasteiger partial charge in [0.2, 0.25) is 0 Å². The topological polar surface area (TPSA) is 53.1 Å². The molecular weight excluding hydrogens is 166 g/mol. The maximum absolute atomic E-state index is 10.8. The fraction of sp³-hybridized carbons (Fsp3) is 0.500. The van der Waals surface area contributed by atoms with Crippen LogP contribution >= 0.6 is 0 Å². The summed E-state index contributed by atoms with van der Waals surface area (Å²) in [6, 6.07) is 0. The van der Waals surface area contributed by atoms with E-state index in [2.05, 4.69) is 11.9 Å². The summed E-state index contributed by atoms with van der Waals surface area (Å²) in [5.74, 6) is -0.192. The lowest BCUT2D eigenvalue weighted by atomic mass is 10.1.